The van der Waals surface area contributed by atoms with Crippen molar-refractivity contribution in [3.63, 3.8) is 0 Å². The van der Waals surface area contributed by atoms with Crippen LogP contribution >= 0.6 is 23.2 Å². The second kappa shape index (κ2) is 14.5. The van der Waals surface area contributed by atoms with Gasteiger partial charge in [0.05, 0.1) is 41.9 Å². The summed E-state index contributed by atoms with van der Waals surface area (Å²) >= 11 is 12.7. The molecule has 3 amide bonds. The Labute approximate surface area is 260 Å². The van der Waals surface area contributed by atoms with Gasteiger partial charge in [-0.15, -0.1) is 0 Å². The fourth-order valence-electron chi connectivity index (χ4n) is 4.23. The summed E-state index contributed by atoms with van der Waals surface area (Å²) < 4.78 is 31.8. The Morgan fingerprint density at radius 1 is 1.07 bits per heavy atom. The fourth-order valence-corrected chi connectivity index (χ4v) is 4.88. The summed E-state index contributed by atoms with van der Waals surface area (Å²) in [6.07, 6.45) is 0. The Hall–Kier alpha value is -4.21. The molecule has 4 rings (SSSR count). The Bertz CT molecular complexity index is 1430. The number of rotatable bonds is 10. The summed E-state index contributed by atoms with van der Waals surface area (Å²) in [5.41, 5.74) is 1.13. The van der Waals surface area contributed by atoms with Gasteiger partial charge in [-0.3, -0.25) is 14.4 Å². The van der Waals surface area contributed by atoms with Crippen molar-refractivity contribution in [1.82, 2.24) is 21.3 Å². The number of guanidine groups is 1. The van der Waals surface area contributed by atoms with E-state index in [-0.39, 0.29) is 27.1 Å². The summed E-state index contributed by atoms with van der Waals surface area (Å²) in [7, 11) is 0. The first kappa shape index (κ1) is 32.7. The molecule has 44 heavy (non-hydrogen) atoms. The molecule has 13 nitrogen and oxygen atoms in total. The molecule has 2 aliphatic rings. The number of anilines is 2. The number of aliphatic carboxylic acids is 1. The molecular weight excluding hydrogens is 627 g/mol. The van der Waals surface area contributed by atoms with E-state index in [0.29, 0.717) is 37.7 Å². The molecule has 0 bridgehead atoms. The maximum atomic E-state index is 13.3. The van der Waals surface area contributed by atoms with E-state index >= 15 is 0 Å². The second-order valence-corrected chi connectivity index (χ2v) is 10.6. The van der Waals surface area contributed by atoms with E-state index in [4.69, 9.17) is 27.9 Å². The Morgan fingerprint density at radius 2 is 1.77 bits per heavy atom. The van der Waals surface area contributed by atoms with Gasteiger partial charge in [0.25, 0.3) is 17.7 Å². The van der Waals surface area contributed by atoms with Crippen molar-refractivity contribution in [2.45, 2.75) is 12.0 Å². The summed E-state index contributed by atoms with van der Waals surface area (Å²) in [5, 5.41) is 22.0. The van der Waals surface area contributed by atoms with Gasteiger partial charge in [-0.05, 0) is 30.3 Å². The molecular formula is C27H29Cl2F2N7O6. The van der Waals surface area contributed by atoms with Crippen LogP contribution < -0.4 is 31.5 Å². The molecule has 0 radical (unpaired) electrons. The van der Waals surface area contributed by atoms with Gasteiger partial charge in [-0.1, -0.05) is 29.3 Å². The number of amides is 3. The monoisotopic (exact) mass is 655 g/mol. The normalized spacial score (nSPS) is 16.5. The van der Waals surface area contributed by atoms with Crippen molar-refractivity contribution >= 4 is 64.2 Å². The maximum Gasteiger partial charge on any atom is 0.328 e. The third kappa shape index (κ3) is 8.90. The topological polar surface area (TPSA) is 173 Å². The number of carboxylic acid groups (broad SMARTS) is 1. The van der Waals surface area contributed by atoms with Crippen molar-refractivity contribution in [1.29, 1.82) is 0 Å². The van der Waals surface area contributed by atoms with Crippen LogP contribution in [0.3, 0.4) is 0 Å². The molecule has 1 saturated heterocycles. The highest BCUT2D eigenvalue weighted by atomic mass is 35.5. The molecule has 1 fully saturated rings. The molecule has 0 spiro atoms. The van der Waals surface area contributed by atoms with Gasteiger partial charge in [0, 0.05) is 36.6 Å². The lowest BCUT2D eigenvalue weighted by Crippen LogP contribution is -2.50. The number of carbonyl (C=O) groups is 4. The van der Waals surface area contributed by atoms with Gasteiger partial charge in [0.1, 0.15) is 12.6 Å². The molecule has 2 heterocycles. The van der Waals surface area contributed by atoms with Gasteiger partial charge in [-0.25, -0.2) is 18.6 Å². The number of alkyl halides is 2. The first-order chi connectivity index (χ1) is 20.9. The zero-order valence-electron chi connectivity index (χ0n) is 23.1. The number of hydrogen-bond donors (Lipinski definition) is 6. The predicted octanol–water partition coefficient (Wildman–Crippen LogP) is 1.57. The second-order valence-electron chi connectivity index (χ2n) is 9.82. The maximum absolute atomic E-state index is 13.3. The van der Waals surface area contributed by atoms with Crippen LogP contribution in [0.2, 0.25) is 10.0 Å². The highest BCUT2D eigenvalue weighted by Gasteiger charge is 2.32. The van der Waals surface area contributed by atoms with Crippen LogP contribution in [0.1, 0.15) is 20.7 Å². The minimum absolute atomic E-state index is 0.0242. The lowest BCUT2D eigenvalue weighted by atomic mass is 10.1. The first-order valence-electron chi connectivity index (χ1n) is 13.4. The molecule has 2 aromatic carbocycles. The van der Waals surface area contributed by atoms with Crippen molar-refractivity contribution in [2.24, 2.45) is 4.99 Å². The highest BCUT2D eigenvalue weighted by Crippen LogP contribution is 2.31. The zero-order chi connectivity index (χ0) is 31.9. The van der Waals surface area contributed by atoms with Gasteiger partial charge >= 0.3 is 5.97 Å². The lowest BCUT2D eigenvalue weighted by Gasteiger charge is -2.29. The smallest absolute Gasteiger partial charge is 0.328 e. The van der Waals surface area contributed by atoms with Gasteiger partial charge in [0.15, 0.2) is 5.96 Å². The Balaban J connectivity index is 1.27. The average Bonchev–Trinajstić information content (AvgIpc) is 2.99. The van der Waals surface area contributed by atoms with Gasteiger partial charge in [-0.2, -0.15) is 0 Å². The number of ether oxygens (including phenoxy) is 1. The van der Waals surface area contributed by atoms with Crippen molar-refractivity contribution in [3.8, 4) is 0 Å². The molecule has 1 atom stereocenters. The Morgan fingerprint density at radius 3 is 2.41 bits per heavy atom. The fraction of sp³-hybridized carbons (Fsp3) is 0.370. The SMILES string of the molecule is O=C(CNC(=O)c1cccc(NC2=NCC(F)(F)CN2)c1)NC[C@H](NC(=O)c1c(Cl)cc(N2CCOCC2)cc1Cl)C(=O)O. The summed E-state index contributed by atoms with van der Waals surface area (Å²) in [5.74, 6) is -6.43. The number of benzene rings is 2. The number of aliphatic imine (C=N–C) groups is 1. The molecule has 236 valence electrons. The van der Waals surface area contributed by atoms with E-state index in [9.17, 15) is 33.1 Å². The molecule has 0 unspecified atom stereocenters. The average molecular weight is 656 g/mol. The standard InChI is InChI=1S/C27H29Cl2F2N7O6/c28-18-9-17(38-4-6-44-7-5-38)10-19(29)22(18)24(41)37-20(25(42)43)11-32-21(39)12-33-23(40)15-2-1-3-16(8-15)36-26-34-13-27(30,31)14-35-26/h1-3,8-10,20H,4-7,11-14H2,(H,32,39)(H,33,40)(H,37,41)(H,42,43)(H2,34,35,36)/t20-/m0/s1. The summed E-state index contributed by atoms with van der Waals surface area (Å²) in [4.78, 5) is 55.3. The molecule has 6 N–H and O–H groups in total. The number of carbonyl (C=O) groups excluding carboxylic acids is 3. The van der Waals surface area contributed by atoms with Crippen LogP contribution in [0.4, 0.5) is 20.2 Å². The summed E-state index contributed by atoms with van der Waals surface area (Å²) in [6.45, 7) is 0.0361. The minimum atomic E-state index is -2.94. The number of carboxylic acids is 1. The van der Waals surface area contributed by atoms with E-state index in [1.165, 1.54) is 12.1 Å². The first-order valence-corrected chi connectivity index (χ1v) is 14.1. The van der Waals surface area contributed by atoms with E-state index < -0.39 is 61.8 Å². The largest absolute Gasteiger partial charge is 0.480 e. The van der Waals surface area contributed by atoms with E-state index in [1.807, 2.05) is 4.90 Å². The molecule has 2 aliphatic heterocycles. The number of halogens is 4. The number of nitrogens with one attached hydrogen (secondary N) is 5. The van der Waals surface area contributed by atoms with Crippen molar-refractivity contribution in [3.05, 3.63) is 57.6 Å². The lowest BCUT2D eigenvalue weighted by molar-refractivity contribution is -0.139. The summed E-state index contributed by atoms with van der Waals surface area (Å²) in [6, 6.07) is 7.63. The van der Waals surface area contributed by atoms with Crippen LogP contribution in [-0.4, -0.2) is 99.2 Å². The minimum Gasteiger partial charge on any atom is -0.480 e. The third-order valence-electron chi connectivity index (χ3n) is 6.52. The third-order valence-corrected chi connectivity index (χ3v) is 7.11. The van der Waals surface area contributed by atoms with Crippen molar-refractivity contribution in [2.75, 3.05) is 62.7 Å². The van der Waals surface area contributed by atoms with Crippen LogP contribution in [-0.2, 0) is 14.3 Å². The molecule has 2 aromatic rings. The number of nitrogens with zero attached hydrogens (tertiary/aromatic N) is 2. The Kier molecular flexibility index (Phi) is 10.8. The van der Waals surface area contributed by atoms with E-state index in [0.717, 1.165) is 0 Å². The van der Waals surface area contributed by atoms with Crippen molar-refractivity contribution < 1.29 is 37.8 Å². The molecule has 0 aliphatic carbocycles. The predicted molar refractivity (Wildman–Crippen MR) is 159 cm³/mol. The van der Waals surface area contributed by atoms with Crippen LogP contribution in [0.15, 0.2) is 41.4 Å². The van der Waals surface area contributed by atoms with Gasteiger partial charge < -0.3 is 41.3 Å². The molecule has 17 heteroatoms. The zero-order valence-corrected chi connectivity index (χ0v) is 24.6. The van der Waals surface area contributed by atoms with E-state index in [1.54, 1.807) is 24.3 Å². The van der Waals surface area contributed by atoms with Crippen LogP contribution in [0.25, 0.3) is 0 Å². The molecule has 0 saturated carbocycles. The highest BCUT2D eigenvalue weighted by molar-refractivity contribution is 6.40. The van der Waals surface area contributed by atoms with Crippen LogP contribution in [0.5, 0.6) is 0 Å². The van der Waals surface area contributed by atoms with E-state index in [2.05, 4.69) is 31.6 Å². The number of morpholine rings is 1. The quantitative estimate of drug-likeness (QED) is 0.222. The molecule has 0 aromatic heterocycles. The van der Waals surface area contributed by atoms with Gasteiger partial charge in [0.2, 0.25) is 5.91 Å². The van der Waals surface area contributed by atoms with Crippen LogP contribution in [0, 0.1) is 0 Å². The number of hydrogen-bond acceptors (Lipinski definition) is 9.